The van der Waals surface area contributed by atoms with E-state index in [9.17, 15) is 22.8 Å². The molecule has 0 bridgehead atoms. The number of hydrogen-bond acceptors (Lipinski definition) is 6. The Morgan fingerprint density at radius 3 is 2.16 bits per heavy atom. The van der Waals surface area contributed by atoms with Crippen molar-refractivity contribution in [2.45, 2.75) is 17.9 Å². The van der Waals surface area contributed by atoms with E-state index < -0.39 is 34.5 Å². The summed E-state index contributed by atoms with van der Waals surface area (Å²) in [5, 5.41) is 2.89. The number of ether oxygens (including phenoxy) is 1. The predicted molar refractivity (Wildman–Crippen MR) is 115 cm³/mol. The lowest BCUT2D eigenvalue weighted by Gasteiger charge is -2.14. The molecule has 1 atom stereocenters. The van der Waals surface area contributed by atoms with Gasteiger partial charge in [0.25, 0.3) is 11.8 Å². The third-order valence-electron chi connectivity index (χ3n) is 3.98. The molecule has 0 aliphatic carbocycles. The molecule has 2 N–H and O–H groups in total. The summed E-state index contributed by atoms with van der Waals surface area (Å²) in [4.78, 5) is 37.3. The molecular formula is C20H22ClN3O6S. The number of benzene rings is 2. The number of anilines is 1. The van der Waals surface area contributed by atoms with Gasteiger partial charge in [0.15, 0.2) is 6.61 Å². The third-order valence-corrected chi connectivity index (χ3v) is 5.79. The molecule has 0 radical (unpaired) electrons. The van der Waals surface area contributed by atoms with Crippen LogP contribution in [0.3, 0.4) is 0 Å². The number of carbonyl (C=O) groups is 3. The fraction of sp³-hybridized carbons (Fsp3) is 0.250. The molecule has 0 spiro atoms. The minimum absolute atomic E-state index is 0.0644. The van der Waals surface area contributed by atoms with Gasteiger partial charge in [0.1, 0.15) is 6.04 Å². The minimum atomic E-state index is -3.97. The van der Waals surface area contributed by atoms with Gasteiger partial charge in [-0.15, -0.1) is 0 Å². The van der Waals surface area contributed by atoms with Crippen molar-refractivity contribution >= 4 is 45.1 Å². The van der Waals surface area contributed by atoms with Crippen molar-refractivity contribution in [3.8, 4) is 0 Å². The molecule has 11 heteroatoms. The molecule has 166 valence electrons. The fourth-order valence-corrected chi connectivity index (χ4v) is 3.69. The molecule has 0 aromatic heterocycles. The second-order valence-electron chi connectivity index (χ2n) is 6.73. The first-order valence-corrected chi connectivity index (χ1v) is 10.9. The number of hydrogen-bond donors (Lipinski definition) is 2. The molecule has 0 aliphatic rings. The maximum atomic E-state index is 12.3. The Labute approximate surface area is 185 Å². The van der Waals surface area contributed by atoms with Gasteiger partial charge < -0.3 is 15.0 Å². The number of nitrogens with zero attached hydrogens (tertiary/aromatic N) is 1. The van der Waals surface area contributed by atoms with Gasteiger partial charge in [-0.2, -0.15) is 4.72 Å². The van der Waals surface area contributed by atoms with Crippen LogP contribution in [0.5, 0.6) is 0 Å². The molecule has 2 amide bonds. The zero-order valence-electron chi connectivity index (χ0n) is 17.1. The number of carbonyl (C=O) groups excluding carboxylic acids is 3. The summed E-state index contributed by atoms with van der Waals surface area (Å²) in [6.07, 6.45) is 0. The first-order valence-electron chi connectivity index (χ1n) is 9.05. The average Bonchev–Trinajstić information content (AvgIpc) is 2.72. The van der Waals surface area contributed by atoms with Crippen LogP contribution in [0.25, 0.3) is 0 Å². The molecule has 0 fully saturated rings. The maximum absolute atomic E-state index is 12.3. The molecule has 0 saturated heterocycles. The second kappa shape index (κ2) is 10.4. The number of amides is 2. The van der Waals surface area contributed by atoms with Gasteiger partial charge in [-0.3, -0.25) is 14.4 Å². The van der Waals surface area contributed by atoms with Crippen LogP contribution in [0.15, 0.2) is 53.4 Å². The zero-order valence-corrected chi connectivity index (χ0v) is 18.7. The first kappa shape index (κ1) is 24.3. The van der Waals surface area contributed by atoms with Crippen molar-refractivity contribution in [3.63, 3.8) is 0 Å². The van der Waals surface area contributed by atoms with Crippen molar-refractivity contribution in [3.05, 3.63) is 59.1 Å². The van der Waals surface area contributed by atoms with Crippen molar-refractivity contribution in [1.82, 2.24) is 9.62 Å². The van der Waals surface area contributed by atoms with E-state index in [-0.39, 0.29) is 10.8 Å². The highest BCUT2D eigenvalue weighted by Crippen LogP contribution is 2.14. The summed E-state index contributed by atoms with van der Waals surface area (Å²) < 4.78 is 31.6. The van der Waals surface area contributed by atoms with Crippen LogP contribution in [0, 0.1) is 0 Å². The van der Waals surface area contributed by atoms with Crippen LogP contribution in [0.2, 0.25) is 5.02 Å². The quantitative estimate of drug-likeness (QED) is 0.572. The third kappa shape index (κ3) is 7.06. The zero-order chi connectivity index (χ0) is 23.2. The monoisotopic (exact) mass is 467 g/mol. The summed E-state index contributed by atoms with van der Waals surface area (Å²) in [7, 11) is -0.711. The molecular weight excluding hydrogens is 446 g/mol. The smallest absolute Gasteiger partial charge is 0.324 e. The Kier molecular flexibility index (Phi) is 8.14. The van der Waals surface area contributed by atoms with E-state index in [0.29, 0.717) is 16.3 Å². The van der Waals surface area contributed by atoms with Crippen LogP contribution in [-0.4, -0.2) is 57.8 Å². The minimum Gasteiger partial charge on any atom is -0.454 e. The number of halogens is 1. The topological polar surface area (TPSA) is 122 Å². The van der Waals surface area contributed by atoms with E-state index >= 15 is 0 Å². The lowest BCUT2D eigenvalue weighted by molar-refractivity contribution is -0.148. The van der Waals surface area contributed by atoms with E-state index in [1.54, 1.807) is 38.4 Å². The molecule has 0 heterocycles. The first-order chi connectivity index (χ1) is 14.5. The normalized spacial score (nSPS) is 12.0. The molecule has 31 heavy (non-hydrogen) atoms. The summed E-state index contributed by atoms with van der Waals surface area (Å²) in [6, 6.07) is 10.4. The van der Waals surface area contributed by atoms with E-state index in [1.807, 2.05) is 0 Å². The fourth-order valence-electron chi connectivity index (χ4n) is 2.38. The van der Waals surface area contributed by atoms with E-state index in [0.717, 1.165) is 0 Å². The summed E-state index contributed by atoms with van der Waals surface area (Å²) in [5.41, 5.74) is 0.865. The standard InChI is InChI=1S/C20H22ClN3O6S/c1-13(23-31(28,29)17-10-6-15(21)7-11-17)20(27)30-12-18(25)22-16-8-4-14(5-9-16)19(26)24(2)3/h4-11,13,23H,12H2,1-3H3,(H,22,25)/t13-/m0/s1. The van der Waals surface area contributed by atoms with Crippen LogP contribution < -0.4 is 10.0 Å². The van der Waals surface area contributed by atoms with Gasteiger partial charge in [0.05, 0.1) is 4.90 Å². The Morgan fingerprint density at radius 2 is 1.61 bits per heavy atom. The average molecular weight is 468 g/mol. The summed E-state index contributed by atoms with van der Waals surface area (Å²) >= 11 is 5.74. The number of rotatable bonds is 8. The van der Waals surface area contributed by atoms with Gasteiger partial charge in [0, 0.05) is 30.4 Å². The van der Waals surface area contributed by atoms with E-state index in [4.69, 9.17) is 16.3 Å². The highest BCUT2D eigenvalue weighted by atomic mass is 35.5. The largest absolute Gasteiger partial charge is 0.454 e. The van der Waals surface area contributed by atoms with Gasteiger partial charge in [0.2, 0.25) is 10.0 Å². The van der Waals surface area contributed by atoms with Gasteiger partial charge in [-0.05, 0) is 55.5 Å². The highest BCUT2D eigenvalue weighted by molar-refractivity contribution is 7.89. The lowest BCUT2D eigenvalue weighted by Crippen LogP contribution is -2.40. The molecule has 2 rings (SSSR count). The lowest BCUT2D eigenvalue weighted by atomic mass is 10.2. The van der Waals surface area contributed by atoms with Gasteiger partial charge in [-0.25, -0.2) is 8.42 Å². The van der Waals surface area contributed by atoms with E-state index in [1.165, 1.54) is 36.1 Å². The van der Waals surface area contributed by atoms with Crippen molar-refractivity contribution < 1.29 is 27.5 Å². The van der Waals surface area contributed by atoms with Crippen molar-refractivity contribution in [2.75, 3.05) is 26.0 Å². The molecule has 0 unspecified atom stereocenters. The number of esters is 1. The van der Waals surface area contributed by atoms with Crippen molar-refractivity contribution in [1.29, 1.82) is 0 Å². The second-order valence-corrected chi connectivity index (χ2v) is 8.88. The Balaban J connectivity index is 1.86. The van der Waals surface area contributed by atoms with Gasteiger partial charge in [-0.1, -0.05) is 11.6 Å². The van der Waals surface area contributed by atoms with Gasteiger partial charge >= 0.3 is 5.97 Å². The Hall–Kier alpha value is -2.95. The van der Waals surface area contributed by atoms with Crippen LogP contribution in [0.1, 0.15) is 17.3 Å². The molecule has 2 aromatic rings. The Morgan fingerprint density at radius 1 is 1.03 bits per heavy atom. The predicted octanol–water partition coefficient (Wildman–Crippen LogP) is 1.89. The molecule has 0 aliphatic heterocycles. The van der Waals surface area contributed by atoms with Crippen LogP contribution in [-0.2, 0) is 24.3 Å². The van der Waals surface area contributed by atoms with Crippen molar-refractivity contribution in [2.24, 2.45) is 0 Å². The Bertz CT molecular complexity index is 1050. The summed E-state index contributed by atoms with van der Waals surface area (Å²) in [5.74, 6) is -1.71. The molecule has 0 saturated carbocycles. The summed E-state index contributed by atoms with van der Waals surface area (Å²) in [6.45, 7) is 0.693. The number of nitrogens with one attached hydrogen (secondary N) is 2. The van der Waals surface area contributed by atoms with E-state index in [2.05, 4.69) is 10.0 Å². The van der Waals surface area contributed by atoms with Crippen LogP contribution in [0.4, 0.5) is 5.69 Å². The number of sulfonamides is 1. The molecule has 9 nitrogen and oxygen atoms in total. The molecule has 2 aromatic carbocycles. The maximum Gasteiger partial charge on any atom is 0.324 e. The van der Waals surface area contributed by atoms with Crippen LogP contribution >= 0.6 is 11.6 Å². The highest BCUT2D eigenvalue weighted by Gasteiger charge is 2.23. The SMILES string of the molecule is C[C@H](NS(=O)(=O)c1ccc(Cl)cc1)C(=O)OCC(=O)Nc1ccc(C(=O)N(C)C)cc1.